The van der Waals surface area contributed by atoms with Crippen LogP contribution in [-0.4, -0.2) is 10.5 Å². The van der Waals surface area contributed by atoms with Crippen molar-refractivity contribution in [2.75, 3.05) is 5.32 Å². The van der Waals surface area contributed by atoms with Gasteiger partial charge < -0.3 is 9.88 Å². The topological polar surface area (TPSA) is 51.1 Å². The molecule has 0 aliphatic heterocycles. The van der Waals surface area contributed by atoms with Gasteiger partial charge in [0.25, 0.3) is 5.56 Å². The average molecular weight is 338 g/mol. The van der Waals surface area contributed by atoms with Crippen LogP contribution in [0.4, 0.5) is 18.9 Å². The highest BCUT2D eigenvalue weighted by atomic mass is 19.4. The van der Waals surface area contributed by atoms with E-state index in [9.17, 15) is 22.8 Å². The highest BCUT2D eigenvalue weighted by Crippen LogP contribution is 2.28. The van der Waals surface area contributed by atoms with Crippen LogP contribution in [0.2, 0.25) is 0 Å². The van der Waals surface area contributed by atoms with Crippen LogP contribution in [0.5, 0.6) is 0 Å². The van der Waals surface area contributed by atoms with E-state index in [0.29, 0.717) is 23.9 Å². The van der Waals surface area contributed by atoms with Crippen molar-refractivity contribution in [1.29, 1.82) is 0 Å². The number of carbonyl (C=O) groups is 1. The monoisotopic (exact) mass is 338 g/mol. The Balaban J connectivity index is 2.11. The third-order valence-corrected chi connectivity index (χ3v) is 3.49. The van der Waals surface area contributed by atoms with Crippen molar-refractivity contribution in [1.82, 2.24) is 4.57 Å². The van der Waals surface area contributed by atoms with Crippen LogP contribution in [0.15, 0.2) is 47.4 Å². The van der Waals surface area contributed by atoms with Crippen molar-refractivity contribution < 1.29 is 18.0 Å². The number of alkyl halides is 3. The quantitative estimate of drug-likeness (QED) is 0.925. The minimum Gasteiger partial charge on any atom is -0.325 e. The molecule has 1 amide bonds. The molecular weight excluding hydrogens is 321 g/mol. The number of amides is 1. The second-order valence-electron chi connectivity index (χ2n) is 5.71. The van der Waals surface area contributed by atoms with E-state index in [0.717, 1.165) is 16.2 Å². The number of hydrogen-bond donors (Lipinski definition) is 1. The Morgan fingerprint density at radius 3 is 2.29 bits per heavy atom. The Morgan fingerprint density at radius 1 is 1.12 bits per heavy atom. The van der Waals surface area contributed by atoms with E-state index in [4.69, 9.17) is 0 Å². The first-order chi connectivity index (χ1) is 11.2. The molecule has 2 aromatic rings. The van der Waals surface area contributed by atoms with Crippen LogP contribution >= 0.6 is 0 Å². The molecule has 0 fully saturated rings. The largest absolute Gasteiger partial charge is 0.417 e. The normalized spacial score (nSPS) is 11.6. The van der Waals surface area contributed by atoms with Gasteiger partial charge in [-0.1, -0.05) is 26.0 Å². The maximum absolute atomic E-state index is 12.7. The molecule has 1 heterocycles. The number of carbonyl (C=O) groups excluding carboxylic acids is 1. The number of hydrogen-bond acceptors (Lipinski definition) is 2. The summed E-state index contributed by atoms with van der Waals surface area (Å²) >= 11 is 0. The number of anilines is 1. The molecule has 0 bridgehead atoms. The number of rotatable bonds is 4. The van der Waals surface area contributed by atoms with Gasteiger partial charge in [-0.15, -0.1) is 0 Å². The Morgan fingerprint density at radius 2 is 1.75 bits per heavy atom. The van der Waals surface area contributed by atoms with E-state index in [1.807, 2.05) is 26.0 Å². The first kappa shape index (κ1) is 17.8. The summed E-state index contributed by atoms with van der Waals surface area (Å²) < 4.78 is 38.7. The van der Waals surface area contributed by atoms with Gasteiger partial charge in [-0.2, -0.15) is 13.2 Å². The zero-order valence-corrected chi connectivity index (χ0v) is 13.2. The predicted molar refractivity (Wildman–Crippen MR) is 84.9 cm³/mol. The van der Waals surface area contributed by atoms with Crippen LogP contribution in [0, 0.1) is 0 Å². The molecule has 0 saturated heterocycles. The molecule has 0 atom stereocenters. The minimum absolute atomic E-state index is 0.346. The molecule has 0 saturated carbocycles. The molecule has 4 nitrogen and oxygen atoms in total. The fourth-order valence-corrected chi connectivity index (χ4v) is 2.13. The highest BCUT2D eigenvalue weighted by molar-refractivity contribution is 5.90. The minimum atomic E-state index is -4.57. The molecule has 2 rings (SSSR count). The van der Waals surface area contributed by atoms with Crippen molar-refractivity contribution in [2.45, 2.75) is 32.5 Å². The molecule has 1 aromatic carbocycles. The lowest BCUT2D eigenvalue weighted by atomic mass is 10.0. The molecule has 1 N–H and O–H groups in total. The molecule has 0 unspecified atom stereocenters. The van der Waals surface area contributed by atoms with Gasteiger partial charge in [0.1, 0.15) is 6.54 Å². The Bertz CT molecular complexity index is 778. The second kappa shape index (κ2) is 6.90. The van der Waals surface area contributed by atoms with Gasteiger partial charge >= 0.3 is 6.18 Å². The molecule has 7 heteroatoms. The summed E-state index contributed by atoms with van der Waals surface area (Å²) in [6, 6.07) is 8.63. The van der Waals surface area contributed by atoms with E-state index in [2.05, 4.69) is 5.32 Å². The molecular formula is C17H17F3N2O2. The molecule has 128 valence electrons. The van der Waals surface area contributed by atoms with E-state index in [1.165, 1.54) is 0 Å². The average Bonchev–Trinajstić information content (AvgIpc) is 2.48. The van der Waals surface area contributed by atoms with Crippen LogP contribution in [0.25, 0.3) is 0 Å². The van der Waals surface area contributed by atoms with E-state index < -0.39 is 29.8 Å². The highest BCUT2D eigenvalue weighted by Gasteiger charge is 2.31. The lowest BCUT2D eigenvalue weighted by molar-refractivity contribution is -0.138. The lowest BCUT2D eigenvalue weighted by Crippen LogP contribution is -2.28. The maximum Gasteiger partial charge on any atom is 0.417 e. The fraction of sp³-hybridized carbons (Fsp3) is 0.294. The van der Waals surface area contributed by atoms with Gasteiger partial charge in [0.15, 0.2) is 0 Å². The molecule has 0 spiro atoms. The number of nitrogens with one attached hydrogen (secondary N) is 1. The summed E-state index contributed by atoms with van der Waals surface area (Å²) in [5.41, 5.74) is -0.0315. The van der Waals surface area contributed by atoms with E-state index in [-0.39, 0.29) is 0 Å². The maximum atomic E-state index is 12.7. The van der Waals surface area contributed by atoms with Crippen LogP contribution < -0.4 is 10.9 Å². The molecule has 0 radical (unpaired) electrons. The summed E-state index contributed by atoms with van der Waals surface area (Å²) in [7, 11) is 0. The third kappa shape index (κ3) is 4.47. The Kier molecular flexibility index (Phi) is 5.11. The van der Waals surface area contributed by atoms with Gasteiger partial charge in [0.2, 0.25) is 5.91 Å². The summed E-state index contributed by atoms with van der Waals surface area (Å²) in [6.07, 6.45) is -3.93. The Hall–Kier alpha value is -2.57. The van der Waals surface area contributed by atoms with E-state index >= 15 is 0 Å². The number of pyridine rings is 1. The van der Waals surface area contributed by atoms with Gasteiger partial charge in [0.05, 0.1) is 5.56 Å². The standard InChI is InChI=1S/C17H17F3N2O2/c1-11(2)12-3-6-14(7-4-12)21-15(23)10-22-9-13(17(18,19)20)5-8-16(22)24/h3-9,11H,10H2,1-2H3,(H,21,23). The number of benzene rings is 1. The van der Waals surface area contributed by atoms with E-state index in [1.54, 1.807) is 12.1 Å². The first-order valence-corrected chi connectivity index (χ1v) is 7.34. The molecule has 1 aromatic heterocycles. The summed E-state index contributed by atoms with van der Waals surface area (Å²) in [5.74, 6) is -0.229. The van der Waals surface area contributed by atoms with Crippen molar-refractivity contribution in [3.8, 4) is 0 Å². The van der Waals surface area contributed by atoms with Crippen LogP contribution in [-0.2, 0) is 17.5 Å². The van der Waals surface area contributed by atoms with Crippen LogP contribution in [0.3, 0.4) is 0 Å². The van der Waals surface area contributed by atoms with Gasteiger partial charge in [-0.25, -0.2) is 0 Å². The molecule has 24 heavy (non-hydrogen) atoms. The van der Waals surface area contributed by atoms with Crippen molar-refractivity contribution in [3.63, 3.8) is 0 Å². The van der Waals surface area contributed by atoms with Gasteiger partial charge in [-0.3, -0.25) is 9.59 Å². The lowest BCUT2D eigenvalue weighted by Gasteiger charge is -2.11. The number of nitrogens with zero attached hydrogens (tertiary/aromatic N) is 1. The SMILES string of the molecule is CC(C)c1ccc(NC(=O)Cn2cc(C(F)(F)F)ccc2=O)cc1. The smallest absolute Gasteiger partial charge is 0.325 e. The fourth-order valence-electron chi connectivity index (χ4n) is 2.13. The molecule has 0 aliphatic rings. The van der Waals surface area contributed by atoms with Crippen molar-refractivity contribution >= 4 is 11.6 Å². The Labute approximate surface area is 136 Å². The zero-order valence-electron chi connectivity index (χ0n) is 13.2. The summed E-state index contributed by atoms with van der Waals surface area (Å²) in [5, 5.41) is 2.56. The van der Waals surface area contributed by atoms with Crippen LogP contribution in [0.1, 0.15) is 30.9 Å². The summed E-state index contributed by atoms with van der Waals surface area (Å²) in [4.78, 5) is 23.6. The number of halogens is 3. The zero-order chi connectivity index (χ0) is 17.9. The van der Waals surface area contributed by atoms with Gasteiger partial charge in [0, 0.05) is 18.0 Å². The third-order valence-electron chi connectivity index (χ3n) is 3.49. The summed E-state index contributed by atoms with van der Waals surface area (Å²) in [6.45, 7) is 3.58. The second-order valence-corrected chi connectivity index (χ2v) is 5.71. The number of aromatic nitrogens is 1. The molecule has 0 aliphatic carbocycles. The first-order valence-electron chi connectivity index (χ1n) is 7.34. The van der Waals surface area contributed by atoms with Crippen molar-refractivity contribution in [2.24, 2.45) is 0 Å². The van der Waals surface area contributed by atoms with Gasteiger partial charge in [-0.05, 0) is 29.7 Å². The predicted octanol–water partition coefficient (Wildman–Crippen LogP) is 3.63. The van der Waals surface area contributed by atoms with Crippen molar-refractivity contribution in [3.05, 3.63) is 64.1 Å².